The largest absolute Gasteiger partial charge is 0.0622 e. The lowest BCUT2D eigenvalue weighted by Gasteiger charge is -2.18. The Hall–Kier alpha value is -1.86. The van der Waals surface area contributed by atoms with E-state index < -0.39 is 0 Å². The summed E-state index contributed by atoms with van der Waals surface area (Å²) in [5.74, 6) is 0.469. The average Bonchev–Trinajstić information content (AvgIpc) is 2.73. The molecule has 0 N–H and O–H groups in total. The zero-order valence-corrected chi connectivity index (χ0v) is 13.9. The van der Waals surface area contributed by atoms with E-state index in [9.17, 15) is 0 Å². The van der Waals surface area contributed by atoms with Crippen LogP contribution in [0, 0.1) is 0 Å². The Kier molecular flexibility index (Phi) is 3.59. The maximum Gasteiger partial charge on any atom is 0.0181 e. The highest BCUT2D eigenvalue weighted by atomic mass is 79.9. The van der Waals surface area contributed by atoms with E-state index in [1.807, 2.05) is 0 Å². The molecule has 1 aliphatic rings. The van der Waals surface area contributed by atoms with Crippen molar-refractivity contribution in [1.29, 1.82) is 0 Å². The van der Waals surface area contributed by atoms with Crippen molar-refractivity contribution in [3.05, 3.63) is 94.0 Å². The smallest absolute Gasteiger partial charge is 0.0181 e. The number of hydrogen-bond acceptors (Lipinski definition) is 0. The van der Waals surface area contributed by atoms with Crippen LogP contribution in [0.3, 0.4) is 0 Å². The third-order valence-electron chi connectivity index (χ3n) is 4.60. The van der Waals surface area contributed by atoms with Crippen LogP contribution in [0.15, 0.2) is 77.3 Å². The SMILES string of the molecule is Brc1ccc2c(c1)-c1ccccc1CCC2c1ccccc1. The number of rotatable bonds is 1. The predicted molar refractivity (Wildman–Crippen MR) is 96.2 cm³/mol. The van der Waals surface area contributed by atoms with Crippen molar-refractivity contribution >= 4 is 15.9 Å². The molecule has 4 rings (SSSR count). The Morgan fingerprint density at radius 2 is 1.55 bits per heavy atom. The molecule has 0 amide bonds. The number of halogens is 1. The zero-order valence-electron chi connectivity index (χ0n) is 12.3. The van der Waals surface area contributed by atoms with Gasteiger partial charge in [-0.3, -0.25) is 0 Å². The Balaban J connectivity index is 1.94. The molecule has 0 aromatic heterocycles. The lowest BCUT2D eigenvalue weighted by molar-refractivity contribution is 0.726. The fraction of sp³-hybridized carbons (Fsp3) is 0.143. The van der Waals surface area contributed by atoms with Crippen molar-refractivity contribution in [2.75, 3.05) is 0 Å². The van der Waals surface area contributed by atoms with Crippen LogP contribution in [0.5, 0.6) is 0 Å². The molecular formula is C21H17Br. The second-order valence-electron chi connectivity index (χ2n) is 5.89. The minimum Gasteiger partial charge on any atom is -0.0622 e. The summed E-state index contributed by atoms with van der Waals surface area (Å²) in [4.78, 5) is 0. The van der Waals surface area contributed by atoms with Crippen LogP contribution < -0.4 is 0 Å². The maximum absolute atomic E-state index is 3.64. The van der Waals surface area contributed by atoms with Gasteiger partial charge in [0.05, 0.1) is 0 Å². The monoisotopic (exact) mass is 348 g/mol. The standard InChI is InChI=1S/C21H17Br/c22-17-11-13-20-19(15-6-2-1-3-7-15)12-10-16-8-4-5-9-18(16)21(20)14-17/h1-9,11,13-14,19H,10,12H2. The summed E-state index contributed by atoms with van der Waals surface area (Å²) in [6.07, 6.45) is 2.29. The van der Waals surface area contributed by atoms with E-state index in [1.54, 1.807) is 0 Å². The molecule has 0 saturated carbocycles. The zero-order chi connectivity index (χ0) is 14.9. The molecule has 3 aromatic rings. The quantitative estimate of drug-likeness (QED) is 0.491. The molecule has 1 heteroatoms. The van der Waals surface area contributed by atoms with Crippen LogP contribution in [0.1, 0.15) is 29.0 Å². The van der Waals surface area contributed by atoms with Gasteiger partial charge in [-0.2, -0.15) is 0 Å². The van der Waals surface area contributed by atoms with Crippen LogP contribution in [0.25, 0.3) is 11.1 Å². The highest BCUT2D eigenvalue weighted by Gasteiger charge is 2.23. The van der Waals surface area contributed by atoms with Crippen molar-refractivity contribution in [2.24, 2.45) is 0 Å². The number of aryl methyl sites for hydroxylation is 1. The third-order valence-corrected chi connectivity index (χ3v) is 5.10. The molecule has 22 heavy (non-hydrogen) atoms. The molecule has 108 valence electrons. The van der Waals surface area contributed by atoms with E-state index in [4.69, 9.17) is 0 Å². The van der Waals surface area contributed by atoms with Crippen molar-refractivity contribution in [3.8, 4) is 11.1 Å². The normalized spacial score (nSPS) is 16.5. The lowest BCUT2D eigenvalue weighted by Crippen LogP contribution is -2.02. The second kappa shape index (κ2) is 5.73. The molecule has 1 unspecified atom stereocenters. The summed E-state index contributed by atoms with van der Waals surface area (Å²) in [5.41, 5.74) is 7.08. The fourth-order valence-corrected chi connectivity index (χ4v) is 3.91. The molecule has 0 nitrogen and oxygen atoms in total. The predicted octanol–water partition coefficient (Wildman–Crippen LogP) is 6.19. The van der Waals surface area contributed by atoms with Gasteiger partial charge in [-0.25, -0.2) is 0 Å². The van der Waals surface area contributed by atoms with Crippen molar-refractivity contribution < 1.29 is 0 Å². The summed E-state index contributed by atoms with van der Waals surface area (Å²) >= 11 is 3.64. The van der Waals surface area contributed by atoms with Crippen molar-refractivity contribution in [2.45, 2.75) is 18.8 Å². The average molecular weight is 349 g/mol. The van der Waals surface area contributed by atoms with Gasteiger partial charge >= 0.3 is 0 Å². The first-order chi connectivity index (χ1) is 10.8. The van der Waals surface area contributed by atoms with Gasteiger partial charge in [0, 0.05) is 10.4 Å². The van der Waals surface area contributed by atoms with E-state index in [-0.39, 0.29) is 0 Å². The van der Waals surface area contributed by atoms with Gasteiger partial charge in [-0.05, 0) is 52.8 Å². The van der Waals surface area contributed by atoms with Gasteiger partial charge in [-0.1, -0.05) is 76.6 Å². The molecular weight excluding hydrogens is 332 g/mol. The van der Waals surface area contributed by atoms with Gasteiger partial charge in [-0.15, -0.1) is 0 Å². The Morgan fingerprint density at radius 3 is 2.41 bits per heavy atom. The van der Waals surface area contributed by atoms with Crippen LogP contribution >= 0.6 is 15.9 Å². The first kappa shape index (κ1) is 13.8. The van der Waals surface area contributed by atoms with Crippen LogP contribution in [0.2, 0.25) is 0 Å². The van der Waals surface area contributed by atoms with Crippen molar-refractivity contribution in [1.82, 2.24) is 0 Å². The lowest BCUT2D eigenvalue weighted by atomic mass is 9.86. The number of benzene rings is 3. The topological polar surface area (TPSA) is 0 Å². The minimum atomic E-state index is 0.469. The molecule has 0 radical (unpaired) electrons. The summed E-state index contributed by atoms with van der Waals surface area (Å²) < 4.78 is 1.15. The molecule has 0 fully saturated rings. The summed E-state index contributed by atoms with van der Waals surface area (Å²) in [6.45, 7) is 0. The molecule has 0 heterocycles. The molecule has 1 atom stereocenters. The molecule has 3 aromatic carbocycles. The minimum absolute atomic E-state index is 0.469. The summed E-state index contributed by atoms with van der Waals surface area (Å²) in [5, 5.41) is 0. The van der Waals surface area contributed by atoms with Gasteiger partial charge in [0.15, 0.2) is 0 Å². The highest BCUT2D eigenvalue weighted by molar-refractivity contribution is 9.10. The fourth-order valence-electron chi connectivity index (χ4n) is 3.55. The van der Waals surface area contributed by atoms with Crippen molar-refractivity contribution in [3.63, 3.8) is 0 Å². The van der Waals surface area contributed by atoms with Crippen LogP contribution in [-0.4, -0.2) is 0 Å². The van der Waals surface area contributed by atoms with Gasteiger partial charge < -0.3 is 0 Å². The van der Waals surface area contributed by atoms with E-state index in [0.29, 0.717) is 5.92 Å². The van der Waals surface area contributed by atoms with Gasteiger partial charge in [0.1, 0.15) is 0 Å². The Labute approximate surface area is 140 Å². The summed E-state index contributed by atoms with van der Waals surface area (Å²) in [7, 11) is 0. The molecule has 0 saturated heterocycles. The van der Waals surface area contributed by atoms with E-state index >= 15 is 0 Å². The molecule has 0 spiro atoms. The van der Waals surface area contributed by atoms with Crippen LogP contribution in [-0.2, 0) is 6.42 Å². The Morgan fingerprint density at radius 1 is 0.773 bits per heavy atom. The first-order valence-corrected chi connectivity index (χ1v) is 8.55. The molecule has 0 aliphatic heterocycles. The molecule has 0 bridgehead atoms. The number of hydrogen-bond donors (Lipinski definition) is 0. The second-order valence-corrected chi connectivity index (χ2v) is 6.81. The summed E-state index contributed by atoms with van der Waals surface area (Å²) in [6, 6.07) is 26.5. The van der Waals surface area contributed by atoms with Gasteiger partial charge in [0.2, 0.25) is 0 Å². The van der Waals surface area contributed by atoms with E-state index in [1.165, 1.54) is 27.8 Å². The third kappa shape index (κ3) is 2.40. The van der Waals surface area contributed by atoms with Gasteiger partial charge in [0.25, 0.3) is 0 Å². The Bertz CT molecular complexity index is 805. The van der Waals surface area contributed by atoms with E-state index in [0.717, 1.165) is 17.3 Å². The maximum atomic E-state index is 3.64. The van der Waals surface area contributed by atoms with E-state index in [2.05, 4.69) is 88.7 Å². The van der Waals surface area contributed by atoms with Crippen LogP contribution in [0.4, 0.5) is 0 Å². The molecule has 1 aliphatic carbocycles. The highest BCUT2D eigenvalue weighted by Crippen LogP contribution is 2.42. The number of fused-ring (bicyclic) bond motifs is 3. The first-order valence-electron chi connectivity index (χ1n) is 7.75.